The molecule has 0 aliphatic rings. The highest BCUT2D eigenvalue weighted by Gasteiger charge is 1.99. The first-order chi connectivity index (χ1) is 14.5. The van der Waals surface area contributed by atoms with E-state index in [9.17, 15) is 10.2 Å². The van der Waals surface area contributed by atoms with E-state index in [0.717, 1.165) is 29.5 Å². The summed E-state index contributed by atoms with van der Waals surface area (Å²) in [5, 5.41) is 18.8. The van der Waals surface area contributed by atoms with Crippen LogP contribution in [0.1, 0.15) is 100 Å². The zero-order valence-electron chi connectivity index (χ0n) is 19.8. The van der Waals surface area contributed by atoms with Crippen molar-refractivity contribution in [3.8, 4) is 11.5 Å². The second-order valence-corrected chi connectivity index (χ2v) is 8.54. The molecule has 0 heterocycles. The second-order valence-electron chi connectivity index (χ2n) is 8.54. The largest absolute Gasteiger partial charge is 0.508 e. The van der Waals surface area contributed by atoms with Gasteiger partial charge >= 0.3 is 0 Å². The Balaban J connectivity index is 0.000000375. The third kappa shape index (κ3) is 11.3. The molecule has 2 heteroatoms. The lowest BCUT2D eigenvalue weighted by Crippen LogP contribution is -1.88. The molecule has 2 rings (SSSR count). The lowest BCUT2D eigenvalue weighted by atomic mass is 10.0. The van der Waals surface area contributed by atoms with Crippen molar-refractivity contribution in [1.29, 1.82) is 0 Å². The number of aryl methyl sites for hydroxylation is 4. The summed E-state index contributed by atoms with van der Waals surface area (Å²) in [7, 11) is 0. The number of hydrogen-bond donors (Lipinski definition) is 2. The molecule has 0 aliphatic carbocycles. The van der Waals surface area contributed by atoms with Gasteiger partial charge in [0.15, 0.2) is 0 Å². The first-order valence-corrected chi connectivity index (χ1v) is 12.0. The monoisotopic (exact) mass is 412 g/mol. The molecule has 2 nitrogen and oxygen atoms in total. The number of benzene rings is 2. The number of phenols is 2. The summed E-state index contributed by atoms with van der Waals surface area (Å²) in [5.74, 6) is 0.833. The highest BCUT2D eigenvalue weighted by Crippen LogP contribution is 2.19. The summed E-state index contributed by atoms with van der Waals surface area (Å²) in [4.78, 5) is 0. The maximum Gasteiger partial charge on any atom is 0.119 e. The third-order valence-corrected chi connectivity index (χ3v) is 5.70. The average molecular weight is 413 g/mol. The van der Waals surface area contributed by atoms with E-state index in [-0.39, 0.29) is 0 Å². The van der Waals surface area contributed by atoms with Crippen molar-refractivity contribution in [3.05, 3.63) is 58.7 Å². The van der Waals surface area contributed by atoms with Gasteiger partial charge in [-0.1, -0.05) is 95.9 Å². The van der Waals surface area contributed by atoms with Gasteiger partial charge < -0.3 is 10.2 Å². The van der Waals surface area contributed by atoms with Crippen LogP contribution in [0.4, 0.5) is 0 Å². The Morgan fingerprint density at radius 3 is 1.77 bits per heavy atom. The normalized spacial score (nSPS) is 10.5. The van der Waals surface area contributed by atoms with Crippen molar-refractivity contribution in [2.75, 3.05) is 0 Å². The van der Waals surface area contributed by atoms with Gasteiger partial charge in [0.25, 0.3) is 0 Å². The Kier molecular flexibility index (Phi) is 13.8. The molecule has 0 atom stereocenters. The van der Waals surface area contributed by atoms with Crippen molar-refractivity contribution in [3.63, 3.8) is 0 Å². The molecule has 2 N–H and O–H groups in total. The molecular formula is C28H44O2. The smallest absolute Gasteiger partial charge is 0.119 e. The number of aromatic hydroxyl groups is 2. The Morgan fingerprint density at radius 1 is 0.633 bits per heavy atom. The van der Waals surface area contributed by atoms with Gasteiger partial charge in [0.2, 0.25) is 0 Å². The van der Waals surface area contributed by atoms with Crippen LogP contribution in [0, 0.1) is 13.8 Å². The summed E-state index contributed by atoms with van der Waals surface area (Å²) < 4.78 is 0. The topological polar surface area (TPSA) is 40.5 Å². The minimum absolute atomic E-state index is 0.414. The number of hydrogen-bond acceptors (Lipinski definition) is 2. The SMILES string of the molecule is CCCCCCCCCCCCc1ccc(O)c(C)c1.CCc1ccc(C)cc1O. The summed E-state index contributed by atoms with van der Waals surface area (Å²) >= 11 is 0. The first-order valence-electron chi connectivity index (χ1n) is 12.0. The highest BCUT2D eigenvalue weighted by atomic mass is 16.3. The van der Waals surface area contributed by atoms with E-state index < -0.39 is 0 Å². The van der Waals surface area contributed by atoms with Gasteiger partial charge in [0.05, 0.1) is 0 Å². The van der Waals surface area contributed by atoms with Crippen LogP contribution < -0.4 is 0 Å². The maximum atomic E-state index is 9.49. The number of phenolic OH excluding ortho intramolecular Hbond substituents is 2. The zero-order valence-corrected chi connectivity index (χ0v) is 19.8. The van der Waals surface area contributed by atoms with Gasteiger partial charge in [-0.3, -0.25) is 0 Å². The first kappa shape index (κ1) is 26.1. The lowest BCUT2D eigenvalue weighted by Gasteiger charge is -2.05. The number of unbranched alkanes of at least 4 members (excludes halogenated alkanes) is 9. The number of rotatable bonds is 12. The molecule has 0 aliphatic heterocycles. The molecule has 0 aromatic heterocycles. The van der Waals surface area contributed by atoms with E-state index in [4.69, 9.17) is 0 Å². The fourth-order valence-electron chi connectivity index (χ4n) is 3.66. The van der Waals surface area contributed by atoms with Crippen molar-refractivity contribution < 1.29 is 10.2 Å². The van der Waals surface area contributed by atoms with Crippen LogP contribution in [0.5, 0.6) is 11.5 Å². The Labute approximate surface area is 185 Å². The molecule has 0 bridgehead atoms. The third-order valence-electron chi connectivity index (χ3n) is 5.70. The summed E-state index contributed by atoms with van der Waals surface area (Å²) in [6.45, 7) is 8.25. The van der Waals surface area contributed by atoms with Crippen LogP contribution in [0.3, 0.4) is 0 Å². The van der Waals surface area contributed by atoms with E-state index >= 15 is 0 Å². The van der Waals surface area contributed by atoms with E-state index in [1.165, 1.54) is 69.8 Å². The van der Waals surface area contributed by atoms with E-state index in [0.29, 0.717) is 11.5 Å². The Morgan fingerprint density at radius 2 is 1.23 bits per heavy atom. The highest BCUT2D eigenvalue weighted by molar-refractivity contribution is 5.36. The van der Waals surface area contributed by atoms with E-state index in [2.05, 4.69) is 19.1 Å². The van der Waals surface area contributed by atoms with Gasteiger partial charge in [0, 0.05) is 0 Å². The summed E-state index contributed by atoms with van der Waals surface area (Å²) in [6, 6.07) is 11.8. The fourth-order valence-corrected chi connectivity index (χ4v) is 3.66. The van der Waals surface area contributed by atoms with Crippen LogP contribution in [0.2, 0.25) is 0 Å². The van der Waals surface area contributed by atoms with E-state index in [1.807, 2.05) is 39.0 Å². The molecule has 0 spiro atoms. The molecule has 168 valence electrons. The van der Waals surface area contributed by atoms with Crippen LogP contribution in [-0.4, -0.2) is 10.2 Å². The predicted octanol–water partition coefficient (Wildman–Crippen LogP) is 8.43. The lowest BCUT2D eigenvalue weighted by molar-refractivity contribution is 0.468. The Bertz CT molecular complexity index is 706. The molecule has 0 amide bonds. The van der Waals surface area contributed by atoms with Gasteiger partial charge in [-0.15, -0.1) is 0 Å². The molecule has 0 unspecified atom stereocenters. The minimum Gasteiger partial charge on any atom is -0.508 e. The molecular weight excluding hydrogens is 368 g/mol. The van der Waals surface area contributed by atoms with Crippen molar-refractivity contribution in [2.24, 2.45) is 0 Å². The zero-order chi connectivity index (χ0) is 22.2. The van der Waals surface area contributed by atoms with Gasteiger partial charge in [-0.2, -0.15) is 0 Å². The minimum atomic E-state index is 0.414. The molecule has 2 aromatic rings. The van der Waals surface area contributed by atoms with Crippen LogP contribution >= 0.6 is 0 Å². The average Bonchev–Trinajstić information content (AvgIpc) is 2.72. The molecule has 0 saturated carbocycles. The second kappa shape index (κ2) is 15.8. The standard InChI is InChI=1S/C19H32O.C9H12O/c1-3-4-5-6-7-8-9-10-11-12-13-18-14-15-19(20)17(2)16-18;1-3-8-5-4-7(2)6-9(8)10/h14-16,20H,3-13H2,1-2H3;4-6,10H,3H2,1-2H3. The van der Waals surface area contributed by atoms with Gasteiger partial charge in [-0.25, -0.2) is 0 Å². The fraction of sp³-hybridized carbons (Fsp3) is 0.571. The molecule has 0 saturated heterocycles. The summed E-state index contributed by atoms with van der Waals surface area (Å²) in [5.41, 5.74) is 4.48. The predicted molar refractivity (Wildman–Crippen MR) is 131 cm³/mol. The molecule has 30 heavy (non-hydrogen) atoms. The van der Waals surface area contributed by atoms with Crippen molar-refractivity contribution in [1.82, 2.24) is 0 Å². The van der Waals surface area contributed by atoms with Crippen LogP contribution in [0.15, 0.2) is 36.4 Å². The van der Waals surface area contributed by atoms with Crippen LogP contribution in [0.25, 0.3) is 0 Å². The van der Waals surface area contributed by atoms with Crippen molar-refractivity contribution >= 4 is 0 Å². The van der Waals surface area contributed by atoms with Gasteiger partial charge in [-0.05, 0) is 67.5 Å². The van der Waals surface area contributed by atoms with Gasteiger partial charge in [0.1, 0.15) is 11.5 Å². The summed E-state index contributed by atoms with van der Waals surface area (Å²) in [6.07, 6.45) is 15.9. The quantitative estimate of drug-likeness (QED) is 0.343. The van der Waals surface area contributed by atoms with Crippen LogP contribution in [-0.2, 0) is 12.8 Å². The Hall–Kier alpha value is -1.96. The van der Waals surface area contributed by atoms with E-state index in [1.54, 1.807) is 6.07 Å². The molecule has 0 fully saturated rings. The van der Waals surface area contributed by atoms with Crippen molar-refractivity contribution in [2.45, 2.75) is 105 Å². The maximum absolute atomic E-state index is 9.49. The molecule has 2 aromatic carbocycles. The molecule has 0 radical (unpaired) electrons.